The van der Waals surface area contributed by atoms with Crippen LogP contribution in [0.5, 0.6) is 0 Å². The second-order valence-corrected chi connectivity index (χ2v) is 5.83. The molecule has 0 fully saturated rings. The SMILES string of the molecule is CON=C1c2cc(Br)ccc2-c2ccc(Br)cc21. The number of halogens is 2. The Bertz CT molecular complexity index is 611. The van der Waals surface area contributed by atoms with Crippen LogP contribution < -0.4 is 0 Å². The van der Waals surface area contributed by atoms with Crippen molar-refractivity contribution in [1.29, 1.82) is 0 Å². The quantitative estimate of drug-likeness (QED) is 0.577. The van der Waals surface area contributed by atoms with Gasteiger partial charge in [0.05, 0.1) is 0 Å². The fraction of sp³-hybridized carbons (Fsp3) is 0.0714. The monoisotopic (exact) mass is 365 g/mol. The molecular weight excluding hydrogens is 358 g/mol. The molecule has 2 aromatic rings. The van der Waals surface area contributed by atoms with Crippen molar-refractivity contribution in [2.75, 3.05) is 7.11 Å². The number of hydrogen-bond donors (Lipinski definition) is 0. The Kier molecular flexibility index (Phi) is 2.99. The Hall–Kier alpha value is -1.13. The molecule has 0 unspecified atom stereocenters. The Labute approximate surface area is 122 Å². The number of oxime groups is 1. The molecule has 0 saturated carbocycles. The molecule has 0 radical (unpaired) electrons. The predicted octanol–water partition coefficient (Wildman–Crippen LogP) is 4.59. The van der Waals surface area contributed by atoms with Crippen molar-refractivity contribution >= 4 is 37.6 Å². The molecule has 4 heteroatoms. The summed E-state index contributed by atoms with van der Waals surface area (Å²) in [6.07, 6.45) is 0. The van der Waals surface area contributed by atoms with Crippen LogP contribution in [0, 0.1) is 0 Å². The van der Waals surface area contributed by atoms with Gasteiger partial charge in [-0.1, -0.05) is 49.1 Å². The van der Waals surface area contributed by atoms with Gasteiger partial charge < -0.3 is 4.84 Å². The summed E-state index contributed by atoms with van der Waals surface area (Å²) in [5.74, 6) is 0. The van der Waals surface area contributed by atoms with Crippen LogP contribution >= 0.6 is 31.9 Å². The van der Waals surface area contributed by atoms with Crippen LogP contribution in [-0.2, 0) is 4.84 Å². The van der Waals surface area contributed by atoms with Gasteiger partial charge in [-0.25, -0.2) is 0 Å². The molecule has 0 heterocycles. The first-order valence-electron chi connectivity index (χ1n) is 5.42. The highest BCUT2D eigenvalue weighted by molar-refractivity contribution is 9.10. The number of fused-ring (bicyclic) bond motifs is 3. The lowest BCUT2D eigenvalue weighted by atomic mass is 10.1. The van der Waals surface area contributed by atoms with Crippen molar-refractivity contribution in [3.63, 3.8) is 0 Å². The van der Waals surface area contributed by atoms with Crippen molar-refractivity contribution in [2.45, 2.75) is 0 Å². The smallest absolute Gasteiger partial charge is 0.118 e. The largest absolute Gasteiger partial charge is 0.399 e. The average molecular weight is 367 g/mol. The summed E-state index contributed by atoms with van der Waals surface area (Å²) in [5, 5.41) is 4.16. The Balaban J connectivity index is 2.33. The summed E-state index contributed by atoms with van der Waals surface area (Å²) < 4.78 is 2.08. The van der Waals surface area contributed by atoms with Crippen LogP contribution in [0.25, 0.3) is 11.1 Å². The molecule has 0 bridgehead atoms. The summed E-state index contributed by atoms with van der Waals surface area (Å²) in [4.78, 5) is 4.98. The van der Waals surface area contributed by atoms with Gasteiger partial charge in [0.15, 0.2) is 0 Å². The van der Waals surface area contributed by atoms with Gasteiger partial charge >= 0.3 is 0 Å². The third-order valence-electron chi connectivity index (χ3n) is 2.95. The van der Waals surface area contributed by atoms with Crippen LogP contribution in [0.1, 0.15) is 11.1 Å². The molecule has 0 aromatic heterocycles. The maximum Gasteiger partial charge on any atom is 0.118 e. The summed E-state index contributed by atoms with van der Waals surface area (Å²) in [6, 6.07) is 12.4. The van der Waals surface area contributed by atoms with Gasteiger partial charge in [0, 0.05) is 20.1 Å². The molecule has 1 aliphatic carbocycles. The summed E-state index contributed by atoms with van der Waals surface area (Å²) >= 11 is 7.00. The number of hydrogen-bond acceptors (Lipinski definition) is 2. The van der Waals surface area contributed by atoms with Crippen molar-refractivity contribution in [1.82, 2.24) is 0 Å². The second-order valence-electron chi connectivity index (χ2n) is 4.00. The van der Waals surface area contributed by atoms with Crippen LogP contribution in [0.2, 0.25) is 0 Å². The third-order valence-corrected chi connectivity index (χ3v) is 3.93. The minimum absolute atomic E-state index is 0.880. The lowest BCUT2D eigenvalue weighted by Crippen LogP contribution is -1.98. The molecule has 0 spiro atoms. The zero-order valence-electron chi connectivity index (χ0n) is 9.58. The summed E-state index contributed by atoms with van der Waals surface area (Å²) in [7, 11) is 1.57. The highest BCUT2D eigenvalue weighted by Crippen LogP contribution is 2.39. The van der Waals surface area contributed by atoms with Crippen molar-refractivity contribution < 1.29 is 4.84 Å². The van der Waals surface area contributed by atoms with E-state index in [2.05, 4.69) is 61.3 Å². The Morgan fingerprint density at radius 2 is 1.33 bits per heavy atom. The van der Waals surface area contributed by atoms with Crippen LogP contribution in [0.3, 0.4) is 0 Å². The third kappa shape index (κ3) is 1.80. The zero-order valence-corrected chi connectivity index (χ0v) is 12.7. The van der Waals surface area contributed by atoms with Gasteiger partial charge in [0.2, 0.25) is 0 Å². The Morgan fingerprint density at radius 3 is 1.78 bits per heavy atom. The van der Waals surface area contributed by atoms with Gasteiger partial charge in [-0.05, 0) is 35.4 Å². The molecule has 1 aliphatic rings. The fourth-order valence-corrected chi connectivity index (χ4v) is 2.95. The van der Waals surface area contributed by atoms with Crippen molar-refractivity contribution in [3.05, 3.63) is 56.5 Å². The first kappa shape index (κ1) is 11.9. The van der Waals surface area contributed by atoms with Crippen molar-refractivity contribution in [3.8, 4) is 11.1 Å². The first-order chi connectivity index (χ1) is 8.70. The number of rotatable bonds is 1. The molecular formula is C14H9Br2NO. The van der Waals surface area contributed by atoms with Gasteiger partial charge in [-0.15, -0.1) is 0 Å². The maximum atomic E-state index is 4.98. The molecule has 90 valence electrons. The fourth-order valence-electron chi connectivity index (χ4n) is 2.23. The van der Waals surface area contributed by atoms with Crippen LogP contribution in [0.4, 0.5) is 0 Å². The van der Waals surface area contributed by atoms with E-state index in [1.165, 1.54) is 11.1 Å². The molecule has 3 rings (SSSR count). The lowest BCUT2D eigenvalue weighted by Gasteiger charge is -2.01. The van der Waals surface area contributed by atoms with E-state index in [1.807, 2.05) is 12.1 Å². The average Bonchev–Trinajstić information content (AvgIpc) is 2.63. The van der Waals surface area contributed by atoms with E-state index in [0.29, 0.717) is 0 Å². The molecule has 2 aromatic carbocycles. The van der Waals surface area contributed by atoms with Crippen LogP contribution in [0.15, 0.2) is 50.5 Å². The first-order valence-corrected chi connectivity index (χ1v) is 7.00. The molecule has 2 nitrogen and oxygen atoms in total. The minimum atomic E-state index is 0.880. The van der Waals surface area contributed by atoms with Gasteiger partial charge in [-0.2, -0.15) is 0 Å². The van der Waals surface area contributed by atoms with E-state index in [9.17, 15) is 0 Å². The number of benzene rings is 2. The van der Waals surface area contributed by atoms with E-state index >= 15 is 0 Å². The highest BCUT2D eigenvalue weighted by Gasteiger charge is 2.25. The number of nitrogens with zero attached hydrogens (tertiary/aromatic N) is 1. The van der Waals surface area contributed by atoms with E-state index in [-0.39, 0.29) is 0 Å². The predicted molar refractivity (Wildman–Crippen MR) is 79.9 cm³/mol. The summed E-state index contributed by atoms with van der Waals surface area (Å²) in [5.41, 5.74) is 5.46. The van der Waals surface area contributed by atoms with Crippen molar-refractivity contribution in [2.24, 2.45) is 5.16 Å². The zero-order chi connectivity index (χ0) is 12.7. The lowest BCUT2D eigenvalue weighted by molar-refractivity contribution is 0.214. The Morgan fingerprint density at radius 1 is 0.833 bits per heavy atom. The van der Waals surface area contributed by atoms with E-state index in [0.717, 1.165) is 25.8 Å². The normalized spacial score (nSPS) is 12.1. The molecule has 0 atom stereocenters. The van der Waals surface area contributed by atoms with E-state index < -0.39 is 0 Å². The highest BCUT2D eigenvalue weighted by atomic mass is 79.9. The molecule has 0 aliphatic heterocycles. The van der Waals surface area contributed by atoms with Gasteiger partial charge in [-0.3, -0.25) is 0 Å². The standard InChI is InChI=1S/C14H9Br2NO/c1-18-17-14-12-6-8(15)2-4-10(12)11-5-3-9(16)7-13(11)14/h2-7H,1H3. The van der Waals surface area contributed by atoms with E-state index in [4.69, 9.17) is 4.84 Å². The topological polar surface area (TPSA) is 21.6 Å². The second kappa shape index (κ2) is 4.52. The maximum absolute atomic E-state index is 4.98. The summed E-state index contributed by atoms with van der Waals surface area (Å²) in [6.45, 7) is 0. The molecule has 18 heavy (non-hydrogen) atoms. The van der Waals surface area contributed by atoms with E-state index in [1.54, 1.807) is 7.11 Å². The molecule has 0 saturated heterocycles. The minimum Gasteiger partial charge on any atom is -0.399 e. The molecule has 0 N–H and O–H groups in total. The van der Waals surface area contributed by atoms with Crippen LogP contribution in [-0.4, -0.2) is 12.8 Å². The molecule has 0 amide bonds. The van der Waals surface area contributed by atoms with Gasteiger partial charge in [0.25, 0.3) is 0 Å². The van der Waals surface area contributed by atoms with Gasteiger partial charge in [0.1, 0.15) is 12.8 Å².